The van der Waals surface area contributed by atoms with Crippen molar-refractivity contribution in [2.45, 2.75) is 25.6 Å². The Bertz CT molecular complexity index is 369. The highest BCUT2D eigenvalue weighted by atomic mass is 35.5. The lowest BCUT2D eigenvalue weighted by atomic mass is 10.1. The molecule has 2 rings (SSSR count). The van der Waals surface area contributed by atoms with Gasteiger partial charge in [-0.15, -0.1) is 12.4 Å². The number of ether oxygens (including phenoxy) is 1. The van der Waals surface area contributed by atoms with Gasteiger partial charge in [-0.1, -0.05) is 12.1 Å². The molecule has 1 N–H and O–H groups in total. The van der Waals surface area contributed by atoms with Crippen LogP contribution in [0.5, 0.6) is 5.75 Å². The predicted molar refractivity (Wildman–Crippen MR) is 73.1 cm³/mol. The van der Waals surface area contributed by atoms with Crippen LogP contribution in [0.2, 0.25) is 0 Å². The van der Waals surface area contributed by atoms with E-state index in [9.17, 15) is 8.78 Å². The molecule has 6 heteroatoms. The number of rotatable bonds is 5. The normalized spacial score (nSPS) is 18.7. The second-order valence-corrected chi connectivity index (χ2v) is 4.58. The predicted octanol–water partition coefficient (Wildman–Crippen LogP) is 2.50. The third-order valence-electron chi connectivity index (χ3n) is 3.24. The maximum absolute atomic E-state index is 12.0. The van der Waals surface area contributed by atoms with Crippen LogP contribution in [0.4, 0.5) is 8.78 Å². The molecule has 0 aromatic heterocycles. The molecule has 1 aromatic rings. The Morgan fingerprint density at radius 1 is 1.37 bits per heavy atom. The number of halogens is 3. The number of hydrogen-bond donors (Lipinski definition) is 1. The molecule has 1 heterocycles. The Labute approximate surface area is 118 Å². The summed E-state index contributed by atoms with van der Waals surface area (Å²) in [5, 5.41) is 3.32. The minimum atomic E-state index is -2.76. The van der Waals surface area contributed by atoms with E-state index < -0.39 is 6.61 Å². The van der Waals surface area contributed by atoms with Crippen LogP contribution >= 0.6 is 12.4 Å². The van der Waals surface area contributed by atoms with Crippen LogP contribution in [0, 0.1) is 0 Å². The van der Waals surface area contributed by atoms with Gasteiger partial charge in [-0.05, 0) is 37.7 Å². The van der Waals surface area contributed by atoms with Gasteiger partial charge < -0.3 is 10.1 Å². The summed E-state index contributed by atoms with van der Waals surface area (Å²) < 4.78 is 28.3. The summed E-state index contributed by atoms with van der Waals surface area (Å²) >= 11 is 0. The average Bonchev–Trinajstić information content (AvgIpc) is 2.84. The zero-order chi connectivity index (χ0) is 13.0. The number of hydrogen-bond acceptors (Lipinski definition) is 3. The van der Waals surface area contributed by atoms with Gasteiger partial charge in [-0.2, -0.15) is 8.78 Å². The first kappa shape index (κ1) is 16.1. The lowest BCUT2D eigenvalue weighted by Gasteiger charge is -2.23. The molecule has 1 saturated heterocycles. The molecule has 0 amide bonds. The monoisotopic (exact) mass is 292 g/mol. The zero-order valence-electron chi connectivity index (χ0n) is 10.8. The number of nitrogens with one attached hydrogen (secondary N) is 1. The van der Waals surface area contributed by atoms with Gasteiger partial charge in [-0.3, -0.25) is 4.90 Å². The van der Waals surface area contributed by atoms with Crippen molar-refractivity contribution in [2.24, 2.45) is 0 Å². The van der Waals surface area contributed by atoms with Gasteiger partial charge in [-0.25, -0.2) is 0 Å². The van der Waals surface area contributed by atoms with Gasteiger partial charge in [0.25, 0.3) is 0 Å². The van der Waals surface area contributed by atoms with Crippen LogP contribution < -0.4 is 10.1 Å². The second kappa shape index (κ2) is 7.62. The van der Waals surface area contributed by atoms with Crippen molar-refractivity contribution in [3.8, 4) is 5.75 Å². The summed E-state index contributed by atoms with van der Waals surface area (Å²) in [5.41, 5.74) is 1.10. The van der Waals surface area contributed by atoms with Crippen LogP contribution in [0.3, 0.4) is 0 Å². The maximum atomic E-state index is 12.0. The molecule has 0 bridgehead atoms. The summed E-state index contributed by atoms with van der Waals surface area (Å²) in [6, 6.07) is 7.39. The van der Waals surface area contributed by atoms with E-state index in [1.54, 1.807) is 12.1 Å². The molecule has 0 radical (unpaired) electrons. The highest BCUT2D eigenvalue weighted by molar-refractivity contribution is 5.85. The summed E-state index contributed by atoms with van der Waals surface area (Å²) in [6.45, 7) is 0.142. The standard InChI is InChI=1S/C13H18F2N2O.ClH/c1-17(11-6-7-16-8-11)9-10-2-4-12(5-3-10)18-13(14)15;/h2-5,11,13,16H,6-9H2,1H3;1H. The van der Waals surface area contributed by atoms with Gasteiger partial charge in [0.15, 0.2) is 0 Å². The van der Waals surface area contributed by atoms with E-state index in [4.69, 9.17) is 0 Å². The molecule has 0 spiro atoms. The van der Waals surface area contributed by atoms with Gasteiger partial charge in [0, 0.05) is 19.1 Å². The van der Waals surface area contributed by atoms with Crippen molar-refractivity contribution in [3.63, 3.8) is 0 Å². The van der Waals surface area contributed by atoms with Gasteiger partial charge in [0.05, 0.1) is 0 Å². The van der Waals surface area contributed by atoms with Crippen LogP contribution in [0.25, 0.3) is 0 Å². The van der Waals surface area contributed by atoms with Crippen LogP contribution in [-0.4, -0.2) is 37.7 Å². The molecule has 0 aliphatic carbocycles. The quantitative estimate of drug-likeness (QED) is 0.902. The maximum Gasteiger partial charge on any atom is 0.387 e. The van der Waals surface area contributed by atoms with E-state index in [0.717, 1.165) is 31.6 Å². The topological polar surface area (TPSA) is 24.5 Å². The third kappa shape index (κ3) is 4.93. The molecular weight excluding hydrogens is 274 g/mol. The zero-order valence-corrected chi connectivity index (χ0v) is 11.6. The first-order valence-corrected chi connectivity index (χ1v) is 6.10. The average molecular weight is 293 g/mol. The van der Waals surface area contributed by atoms with E-state index in [1.807, 2.05) is 12.1 Å². The van der Waals surface area contributed by atoms with Crippen molar-refractivity contribution in [3.05, 3.63) is 29.8 Å². The van der Waals surface area contributed by atoms with Gasteiger partial charge >= 0.3 is 6.61 Å². The molecule has 3 nitrogen and oxygen atoms in total. The number of nitrogens with zero attached hydrogens (tertiary/aromatic N) is 1. The lowest BCUT2D eigenvalue weighted by Crippen LogP contribution is -2.32. The summed E-state index contributed by atoms with van der Waals surface area (Å²) in [5.74, 6) is 0.207. The Morgan fingerprint density at radius 2 is 2.05 bits per heavy atom. The molecule has 1 aliphatic heterocycles. The first-order valence-electron chi connectivity index (χ1n) is 6.10. The summed E-state index contributed by atoms with van der Waals surface area (Å²) in [4.78, 5) is 2.28. The SMILES string of the molecule is CN(Cc1ccc(OC(F)F)cc1)C1CCNC1.Cl. The van der Waals surface area contributed by atoms with Crippen molar-refractivity contribution in [1.82, 2.24) is 10.2 Å². The molecule has 1 aliphatic rings. The van der Waals surface area contributed by atoms with Gasteiger partial charge in [0.1, 0.15) is 5.75 Å². The highest BCUT2D eigenvalue weighted by Gasteiger charge is 2.18. The van der Waals surface area contributed by atoms with Crippen molar-refractivity contribution >= 4 is 12.4 Å². The van der Waals surface area contributed by atoms with E-state index in [0.29, 0.717) is 6.04 Å². The Balaban J connectivity index is 0.00000180. The minimum Gasteiger partial charge on any atom is -0.435 e. The molecule has 1 fully saturated rings. The van der Waals surface area contributed by atoms with Crippen molar-refractivity contribution in [2.75, 3.05) is 20.1 Å². The van der Waals surface area contributed by atoms with Crippen LogP contribution in [-0.2, 0) is 6.54 Å². The number of alkyl halides is 2. The third-order valence-corrected chi connectivity index (χ3v) is 3.24. The fourth-order valence-corrected chi connectivity index (χ4v) is 2.21. The fourth-order valence-electron chi connectivity index (χ4n) is 2.21. The van der Waals surface area contributed by atoms with Crippen LogP contribution in [0.15, 0.2) is 24.3 Å². The molecular formula is C13H19ClF2N2O. The molecule has 1 atom stereocenters. The fraction of sp³-hybridized carbons (Fsp3) is 0.538. The van der Waals surface area contributed by atoms with E-state index >= 15 is 0 Å². The first-order chi connectivity index (χ1) is 8.65. The largest absolute Gasteiger partial charge is 0.435 e. The summed E-state index contributed by atoms with van der Waals surface area (Å²) in [7, 11) is 2.08. The van der Waals surface area contributed by atoms with Crippen molar-refractivity contribution < 1.29 is 13.5 Å². The van der Waals surface area contributed by atoms with Crippen LogP contribution in [0.1, 0.15) is 12.0 Å². The molecule has 0 saturated carbocycles. The van der Waals surface area contributed by atoms with E-state index in [-0.39, 0.29) is 18.2 Å². The Kier molecular flexibility index (Phi) is 6.48. The smallest absolute Gasteiger partial charge is 0.387 e. The highest BCUT2D eigenvalue weighted by Crippen LogP contribution is 2.17. The number of benzene rings is 1. The number of likely N-dealkylation sites (N-methyl/N-ethyl adjacent to an activating group) is 1. The van der Waals surface area contributed by atoms with E-state index in [2.05, 4.69) is 22.0 Å². The molecule has 19 heavy (non-hydrogen) atoms. The Morgan fingerprint density at radius 3 is 2.58 bits per heavy atom. The summed E-state index contributed by atoms with van der Waals surface area (Å²) in [6.07, 6.45) is 1.16. The minimum absolute atomic E-state index is 0. The van der Waals surface area contributed by atoms with Crippen molar-refractivity contribution in [1.29, 1.82) is 0 Å². The molecule has 1 unspecified atom stereocenters. The van der Waals surface area contributed by atoms with E-state index in [1.165, 1.54) is 0 Å². The molecule has 108 valence electrons. The lowest BCUT2D eigenvalue weighted by molar-refractivity contribution is -0.0498. The van der Waals surface area contributed by atoms with Gasteiger partial charge in [0.2, 0.25) is 0 Å². The Hall–Kier alpha value is -0.910. The molecule has 1 aromatic carbocycles. The second-order valence-electron chi connectivity index (χ2n) is 4.58.